The first-order valence-corrected chi connectivity index (χ1v) is 8.04. The van der Waals surface area contributed by atoms with E-state index >= 15 is 0 Å². The monoisotopic (exact) mass is 286 g/mol. The van der Waals surface area contributed by atoms with Crippen LogP contribution in [0.1, 0.15) is 31.7 Å². The molecule has 0 aliphatic carbocycles. The summed E-state index contributed by atoms with van der Waals surface area (Å²) >= 11 is 0. The number of rotatable bonds is 3. The van der Waals surface area contributed by atoms with Crippen LogP contribution in [0, 0.1) is 6.92 Å². The number of aliphatic imine (C=N–C) groups is 1. The highest BCUT2D eigenvalue weighted by molar-refractivity contribution is 5.99. The maximum Gasteiger partial charge on any atom is 0.196 e. The SMILES string of the molecule is CCCN1CCC2(CC1)CN=C(N)N2c1ccccc1C. The Morgan fingerprint density at radius 3 is 2.62 bits per heavy atom. The van der Waals surface area contributed by atoms with Gasteiger partial charge in [0.1, 0.15) is 0 Å². The number of guanidine groups is 1. The van der Waals surface area contributed by atoms with Crippen LogP contribution in [0.3, 0.4) is 0 Å². The van der Waals surface area contributed by atoms with Crippen molar-refractivity contribution in [3.8, 4) is 0 Å². The maximum atomic E-state index is 6.24. The van der Waals surface area contributed by atoms with E-state index in [0.717, 1.165) is 32.5 Å². The van der Waals surface area contributed by atoms with E-state index in [2.05, 4.69) is 52.9 Å². The molecule has 1 saturated heterocycles. The lowest BCUT2D eigenvalue weighted by atomic mass is 9.85. The molecule has 2 aliphatic heterocycles. The Morgan fingerprint density at radius 1 is 1.24 bits per heavy atom. The van der Waals surface area contributed by atoms with Crippen molar-refractivity contribution in [2.24, 2.45) is 10.7 Å². The Labute approximate surface area is 127 Å². The zero-order valence-corrected chi connectivity index (χ0v) is 13.2. The molecule has 2 N–H and O–H groups in total. The highest BCUT2D eigenvalue weighted by atomic mass is 15.4. The van der Waals surface area contributed by atoms with Crippen LogP contribution in [-0.2, 0) is 0 Å². The minimum absolute atomic E-state index is 0.0977. The van der Waals surface area contributed by atoms with Crippen molar-refractivity contribution in [3.05, 3.63) is 29.8 Å². The number of likely N-dealkylation sites (tertiary alicyclic amines) is 1. The van der Waals surface area contributed by atoms with Gasteiger partial charge in [-0.25, -0.2) is 0 Å². The van der Waals surface area contributed by atoms with Gasteiger partial charge in [0.2, 0.25) is 0 Å². The Bertz CT molecular complexity index is 529. The van der Waals surface area contributed by atoms with Gasteiger partial charge in [0.05, 0.1) is 12.1 Å². The van der Waals surface area contributed by atoms with Crippen molar-refractivity contribution >= 4 is 11.6 Å². The Balaban J connectivity index is 1.85. The average Bonchev–Trinajstić information content (AvgIpc) is 2.80. The maximum absolute atomic E-state index is 6.24. The fourth-order valence-electron chi connectivity index (χ4n) is 3.70. The highest BCUT2D eigenvalue weighted by Gasteiger charge is 2.45. The Kier molecular flexibility index (Phi) is 3.89. The Morgan fingerprint density at radius 2 is 1.95 bits per heavy atom. The number of benzene rings is 1. The molecule has 0 unspecified atom stereocenters. The summed E-state index contributed by atoms with van der Waals surface area (Å²) < 4.78 is 0. The van der Waals surface area contributed by atoms with E-state index in [9.17, 15) is 0 Å². The molecule has 114 valence electrons. The van der Waals surface area contributed by atoms with Crippen LogP contribution >= 0.6 is 0 Å². The van der Waals surface area contributed by atoms with E-state index in [1.807, 2.05) is 0 Å². The molecule has 1 spiro atoms. The van der Waals surface area contributed by atoms with E-state index in [0.29, 0.717) is 5.96 Å². The van der Waals surface area contributed by atoms with Crippen molar-refractivity contribution in [1.82, 2.24) is 4.90 Å². The number of hydrogen-bond acceptors (Lipinski definition) is 4. The molecule has 0 radical (unpaired) electrons. The van der Waals surface area contributed by atoms with E-state index < -0.39 is 0 Å². The molecule has 2 heterocycles. The fraction of sp³-hybridized carbons (Fsp3) is 0.588. The van der Waals surface area contributed by atoms with Gasteiger partial charge >= 0.3 is 0 Å². The van der Waals surface area contributed by atoms with Crippen LogP contribution in [0.2, 0.25) is 0 Å². The molecule has 0 aromatic heterocycles. The third-order valence-corrected chi connectivity index (χ3v) is 4.92. The minimum Gasteiger partial charge on any atom is -0.369 e. The minimum atomic E-state index is 0.0977. The molecule has 0 amide bonds. The topological polar surface area (TPSA) is 44.9 Å². The second kappa shape index (κ2) is 5.68. The lowest BCUT2D eigenvalue weighted by Gasteiger charge is -2.45. The van der Waals surface area contributed by atoms with Gasteiger partial charge in [0.25, 0.3) is 0 Å². The van der Waals surface area contributed by atoms with Crippen LogP contribution < -0.4 is 10.6 Å². The van der Waals surface area contributed by atoms with Crippen molar-refractivity contribution in [1.29, 1.82) is 0 Å². The van der Waals surface area contributed by atoms with Gasteiger partial charge in [-0.2, -0.15) is 0 Å². The summed E-state index contributed by atoms with van der Waals surface area (Å²) in [6, 6.07) is 8.50. The summed E-state index contributed by atoms with van der Waals surface area (Å²) in [5.41, 5.74) is 8.83. The van der Waals surface area contributed by atoms with E-state index in [-0.39, 0.29) is 5.54 Å². The molecule has 0 saturated carbocycles. The lowest BCUT2D eigenvalue weighted by Crippen LogP contribution is -2.57. The van der Waals surface area contributed by atoms with Gasteiger partial charge in [0.15, 0.2) is 5.96 Å². The summed E-state index contributed by atoms with van der Waals surface area (Å²) in [5.74, 6) is 0.688. The first-order chi connectivity index (χ1) is 10.2. The van der Waals surface area contributed by atoms with Gasteiger partial charge in [-0.1, -0.05) is 25.1 Å². The number of para-hydroxylation sites is 1. The first kappa shape index (κ1) is 14.4. The number of nitrogens with two attached hydrogens (primary N) is 1. The van der Waals surface area contributed by atoms with Crippen molar-refractivity contribution in [3.63, 3.8) is 0 Å². The molecule has 4 nitrogen and oxygen atoms in total. The number of anilines is 1. The van der Waals surface area contributed by atoms with Crippen LogP contribution in [0.15, 0.2) is 29.3 Å². The first-order valence-electron chi connectivity index (χ1n) is 8.04. The highest BCUT2D eigenvalue weighted by Crippen LogP contribution is 2.38. The van der Waals surface area contributed by atoms with Gasteiger partial charge in [-0.05, 0) is 44.4 Å². The smallest absolute Gasteiger partial charge is 0.196 e. The van der Waals surface area contributed by atoms with Crippen LogP contribution in [0.4, 0.5) is 5.69 Å². The number of piperidine rings is 1. The zero-order valence-electron chi connectivity index (χ0n) is 13.2. The predicted molar refractivity (Wildman–Crippen MR) is 88.8 cm³/mol. The fourth-order valence-corrected chi connectivity index (χ4v) is 3.70. The van der Waals surface area contributed by atoms with Gasteiger partial charge in [-0.15, -0.1) is 0 Å². The van der Waals surface area contributed by atoms with Crippen molar-refractivity contribution < 1.29 is 0 Å². The molecule has 3 rings (SSSR count). The zero-order chi connectivity index (χ0) is 14.9. The van der Waals surface area contributed by atoms with Gasteiger partial charge in [0, 0.05) is 18.8 Å². The van der Waals surface area contributed by atoms with E-state index in [1.54, 1.807) is 0 Å². The standard InChI is InChI=1S/C17H26N4/c1-3-10-20-11-8-17(9-12-20)13-19-16(18)21(17)15-7-5-4-6-14(15)2/h4-7H,3,8-13H2,1-2H3,(H2,18,19). The van der Waals surface area contributed by atoms with Crippen LogP contribution in [0.5, 0.6) is 0 Å². The van der Waals surface area contributed by atoms with Crippen molar-refractivity contribution in [2.45, 2.75) is 38.6 Å². The second-order valence-electron chi connectivity index (χ2n) is 6.36. The summed E-state index contributed by atoms with van der Waals surface area (Å²) in [6.07, 6.45) is 3.52. The third kappa shape index (κ3) is 2.53. The number of hydrogen-bond donors (Lipinski definition) is 1. The van der Waals surface area contributed by atoms with Gasteiger partial charge in [-0.3, -0.25) is 4.99 Å². The second-order valence-corrected chi connectivity index (χ2v) is 6.36. The lowest BCUT2D eigenvalue weighted by molar-refractivity contribution is 0.171. The molecule has 1 aromatic rings. The molecular weight excluding hydrogens is 260 g/mol. The molecular formula is C17H26N4. The molecule has 4 heteroatoms. The Hall–Kier alpha value is -1.55. The van der Waals surface area contributed by atoms with E-state index in [1.165, 1.54) is 24.2 Å². The normalized spacial score (nSPS) is 21.8. The number of nitrogens with zero attached hydrogens (tertiary/aromatic N) is 3. The third-order valence-electron chi connectivity index (χ3n) is 4.92. The molecule has 2 aliphatic rings. The summed E-state index contributed by atoms with van der Waals surface area (Å²) in [4.78, 5) is 9.46. The van der Waals surface area contributed by atoms with E-state index in [4.69, 9.17) is 5.73 Å². The summed E-state index contributed by atoms with van der Waals surface area (Å²) in [5, 5.41) is 0. The van der Waals surface area contributed by atoms with Crippen molar-refractivity contribution in [2.75, 3.05) is 31.1 Å². The molecule has 1 fully saturated rings. The van der Waals surface area contributed by atoms with Gasteiger partial charge < -0.3 is 15.5 Å². The quantitative estimate of drug-likeness (QED) is 0.928. The largest absolute Gasteiger partial charge is 0.369 e. The summed E-state index contributed by atoms with van der Waals surface area (Å²) in [6.45, 7) is 8.75. The van der Waals surface area contributed by atoms with Crippen LogP contribution in [0.25, 0.3) is 0 Å². The number of aryl methyl sites for hydroxylation is 1. The molecule has 0 atom stereocenters. The average molecular weight is 286 g/mol. The molecule has 21 heavy (non-hydrogen) atoms. The predicted octanol–water partition coefficient (Wildman–Crippen LogP) is 2.37. The molecule has 1 aromatic carbocycles. The molecule has 0 bridgehead atoms. The van der Waals surface area contributed by atoms with Crippen LogP contribution in [-0.4, -0.2) is 42.6 Å². The summed E-state index contributed by atoms with van der Waals surface area (Å²) in [7, 11) is 0.